The number of fused-ring (bicyclic) bond motifs is 2. The second-order valence-electron chi connectivity index (χ2n) is 9.65. The van der Waals surface area contributed by atoms with Gasteiger partial charge in [0, 0.05) is 42.9 Å². The molecule has 6 nitrogen and oxygen atoms in total. The van der Waals surface area contributed by atoms with Gasteiger partial charge in [-0.3, -0.25) is 19.3 Å². The van der Waals surface area contributed by atoms with E-state index in [1.54, 1.807) is 18.5 Å². The number of rotatable bonds is 3. The Kier molecular flexibility index (Phi) is 5.55. The summed E-state index contributed by atoms with van der Waals surface area (Å²) >= 11 is 0. The maximum Gasteiger partial charge on any atom is 0.256 e. The summed E-state index contributed by atoms with van der Waals surface area (Å²) in [4.78, 5) is 29.9. The van der Waals surface area contributed by atoms with E-state index in [1.165, 1.54) is 6.07 Å². The van der Waals surface area contributed by atoms with E-state index in [9.17, 15) is 9.18 Å². The summed E-state index contributed by atoms with van der Waals surface area (Å²) in [5.74, 6) is -0.0863. The SMILES string of the molecule is Cc1cccc(F)c1N1CCC(c2cc3nccnc3n([C@H]3CCCc4ncccc43)c2=O)CC1. The lowest BCUT2D eigenvalue weighted by atomic mass is 9.88. The molecule has 1 atom stereocenters. The molecule has 1 aromatic carbocycles. The topological polar surface area (TPSA) is 63.9 Å². The van der Waals surface area contributed by atoms with Crippen molar-refractivity contribution in [2.75, 3.05) is 18.0 Å². The van der Waals surface area contributed by atoms with Gasteiger partial charge in [-0.2, -0.15) is 0 Å². The number of aromatic nitrogens is 4. The summed E-state index contributed by atoms with van der Waals surface area (Å²) in [5, 5.41) is 0. The van der Waals surface area contributed by atoms with Gasteiger partial charge in [0.1, 0.15) is 11.3 Å². The molecule has 4 aromatic rings. The Bertz CT molecular complexity index is 1440. The first kappa shape index (κ1) is 21.9. The molecule has 0 N–H and O–H groups in total. The molecular weight excluding hydrogens is 441 g/mol. The van der Waals surface area contributed by atoms with Crippen LogP contribution in [-0.4, -0.2) is 32.6 Å². The summed E-state index contributed by atoms with van der Waals surface area (Å²) in [5.41, 5.74) is 5.96. The zero-order valence-electron chi connectivity index (χ0n) is 19.8. The highest BCUT2D eigenvalue weighted by molar-refractivity contribution is 5.71. The van der Waals surface area contributed by atoms with Crippen LogP contribution in [0.2, 0.25) is 0 Å². The Balaban J connectivity index is 1.39. The molecule has 6 rings (SSSR count). The molecule has 1 aliphatic heterocycles. The van der Waals surface area contributed by atoms with Gasteiger partial charge in [-0.25, -0.2) is 9.37 Å². The van der Waals surface area contributed by atoms with E-state index in [2.05, 4.69) is 25.9 Å². The standard InChI is InChI=1S/C28H28FN5O/c1-18-5-2-7-22(29)26(18)33-15-10-19(11-16-33)21-17-24-27(32-14-13-31-24)34(28(21)35)25-9-3-8-23-20(25)6-4-12-30-23/h2,4-7,12-14,17,19,25H,3,8-11,15-16H2,1H3/t25-/m0/s1. The van der Waals surface area contributed by atoms with Crippen LogP contribution < -0.4 is 10.5 Å². The maximum atomic E-state index is 14.6. The molecule has 7 heteroatoms. The first-order valence-corrected chi connectivity index (χ1v) is 12.4. The predicted molar refractivity (Wildman–Crippen MR) is 134 cm³/mol. The molecule has 178 valence electrons. The van der Waals surface area contributed by atoms with E-state index < -0.39 is 0 Å². The third-order valence-electron chi connectivity index (χ3n) is 7.62. The van der Waals surface area contributed by atoms with Crippen LogP contribution in [0.3, 0.4) is 0 Å². The van der Waals surface area contributed by atoms with Gasteiger partial charge in [-0.05, 0) is 74.3 Å². The van der Waals surface area contributed by atoms with Gasteiger partial charge in [0.2, 0.25) is 0 Å². The Hall–Kier alpha value is -3.61. The van der Waals surface area contributed by atoms with Crippen molar-refractivity contribution in [3.63, 3.8) is 0 Å². The van der Waals surface area contributed by atoms with Crippen LogP contribution in [0.15, 0.2) is 59.8 Å². The molecule has 1 saturated heterocycles. The molecule has 1 aliphatic carbocycles. The molecule has 0 saturated carbocycles. The van der Waals surface area contributed by atoms with Crippen LogP contribution in [-0.2, 0) is 6.42 Å². The summed E-state index contributed by atoms with van der Waals surface area (Å²) < 4.78 is 16.4. The van der Waals surface area contributed by atoms with Gasteiger partial charge >= 0.3 is 0 Å². The minimum atomic E-state index is -0.184. The number of benzene rings is 1. The van der Waals surface area contributed by atoms with Gasteiger partial charge in [0.05, 0.1) is 11.7 Å². The number of hydrogen-bond donors (Lipinski definition) is 0. The Morgan fingerprint density at radius 2 is 1.77 bits per heavy atom. The number of halogens is 1. The third-order valence-corrected chi connectivity index (χ3v) is 7.62. The fourth-order valence-electron chi connectivity index (χ4n) is 5.94. The molecular formula is C28H28FN5O. The van der Waals surface area contributed by atoms with E-state index in [1.807, 2.05) is 35.9 Å². The van der Waals surface area contributed by atoms with Gasteiger partial charge in [-0.15, -0.1) is 0 Å². The van der Waals surface area contributed by atoms with E-state index in [0.717, 1.165) is 60.0 Å². The number of anilines is 1. The normalized spacial score (nSPS) is 18.6. The van der Waals surface area contributed by atoms with Gasteiger partial charge in [0.25, 0.3) is 5.56 Å². The zero-order valence-corrected chi connectivity index (χ0v) is 19.8. The molecule has 0 bridgehead atoms. The highest BCUT2D eigenvalue weighted by Gasteiger charge is 2.30. The van der Waals surface area contributed by atoms with E-state index in [0.29, 0.717) is 24.4 Å². The molecule has 4 heterocycles. The number of aryl methyl sites for hydroxylation is 2. The second kappa shape index (κ2) is 8.87. The molecule has 0 spiro atoms. The summed E-state index contributed by atoms with van der Waals surface area (Å²) in [6.07, 6.45) is 9.52. The lowest BCUT2D eigenvalue weighted by Gasteiger charge is -2.35. The molecule has 3 aromatic heterocycles. The zero-order chi connectivity index (χ0) is 23.9. The fraction of sp³-hybridized carbons (Fsp3) is 0.357. The first-order valence-electron chi connectivity index (χ1n) is 12.4. The summed E-state index contributed by atoms with van der Waals surface area (Å²) in [6.45, 7) is 3.36. The lowest BCUT2D eigenvalue weighted by Crippen LogP contribution is -2.37. The van der Waals surface area contributed by atoms with E-state index in [4.69, 9.17) is 0 Å². The Morgan fingerprint density at radius 1 is 0.943 bits per heavy atom. The van der Waals surface area contributed by atoms with E-state index >= 15 is 0 Å². The van der Waals surface area contributed by atoms with Crippen molar-refractivity contribution in [3.8, 4) is 0 Å². The largest absolute Gasteiger partial charge is 0.369 e. The van der Waals surface area contributed by atoms with Crippen molar-refractivity contribution in [2.45, 2.75) is 51.0 Å². The molecule has 0 amide bonds. The van der Waals surface area contributed by atoms with E-state index in [-0.39, 0.29) is 23.3 Å². The average Bonchev–Trinajstić information content (AvgIpc) is 2.89. The number of piperidine rings is 1. The van der Waals surface area contributed by atoms with Crippen LogP contribution in [0, 0.1) is 12.7 Å². The van der Waals surface area contributed by atoms with Crippen molar-refractivity contribution >= 4 is 16.9 Å². The van der Waals surface area contributed by atoms with Gasteiger partial charge in [-0.1, -0.05) is 18.2 Å². The number of para-hydroxylation sites is 1. The van der Waals surface area contributed by atoms with Gasteiger partial charge in [0.15, 0.2) is 5.65 Å². The summed E-state index contributed by atoms with van der Waals surface area (Å²) in [6, 6.07) is 11.1. The van der Waals surface area contributed by atoms with Crippen LogP contribution in [0.5, 0.6) is 0 Å². The van der Waals surface area contributed by atoms with Crippen molar-refractivity contribution in [3.05, 3.63) is 93.5 Å². The van der Waals surface area contributed by atoms with Crippen LogP contribution in [0.1, 0.15) is 60.0 Å². The van der Waals surface area contributed by atoms with Crippen LogP contribution in [0.25, 0.3) is 11.2 Å². The first-order chi connectivity index (χ1) is 17.1. The number of nitrogens with zero attached hydrogens (tertiary/aromatic N) is 5. The van der Waals surface area contributed by atoms with Crippen molar-refractivity contribution in [2.24, 2.45) is 0 Å². The monoisotopic (exact) mass is 469 g/mol. The van der Waals surface area contributed by atoms with Gasteiger partial charge < -0.3 is 4.90 Å². The lowest BCUT2D eigenvalue weighted by molar-refractivity contribution is 0.463. The maximum absolute atomic E-state index is 14.6. The minimum Gasteiger partial charge on any atom is -0.369 e. The summed E-state index contributed by atoms with van der Waals surface area (Å²) in [7, 11) is 0. The Labute approximate surface area is 203 Å². The van der Waals surface area contributed by atoms with Crippen LogP contribution in [0.4, 0.5) is 10.1 Å². The fourth-order valence-corrected chi connectivity index (χ4v) is 5.94. The third kappa shape index (κ3) is 3.79. The Morgan fingerprint density at radius 3 is 2.60 bits per heavy atom. The molecule has 35 heavy (non-hydrogen) atoms. The predicted octanol–water partition coefficient (Wildman–Crippen LogP) is 4.94. The molecule has 1 fully saturated rings. The van der Waals surface area contributed by atoms with Crippen LogP contribution >= 0.6 is 0 Å². The molecule has 0 unspecified atom stereocenters. The number of pyridine rings is 2. The molecule has 0 radical (unpaired) electrons. The molecule has 2 aliphatic rings. The van der Waals surface area contributed by atoms with Crippen molar-refractivity contribution in [1.29, 1.82) is 0 Å². The quantitative estimate of drug-likeness (QED) is 0.425. The highest BCUT2D eigenvalue weighted by Crippen LogP contribution is 2.35. The minimum absolute atomic E-state index is 0.0141. The second-order valence-corrected chi connectivity index (χ2v) is 9.65. The number of hydrogen-bond acceptors (Lipinski definition) is 5. The smallest absolute Gasteiger partial charge is 0.256 e. The van der Waals surface area contributed by atoms with Crippen molar-refractivity contribution in [1.82, 2.24) is 19.5 Å². The average molecular weight is 470 g/mol. The highest BCUT2D eigenvalue weighted by atomic mass is 19.1. The van der Waals surface area contributed by atoms with Crippen molar-refractivity contribution < 1.29 is 4.39 Å².